The summed E-state index contributed by atoms with van der Waals surface area (Å²) in [5.41, 5.74) is -0.879. The Kier molecular flexibility index (Phi) is 12.3. The largest absolute Gasteiger partial charge is 0.480 e. The van der Waals surface area contributed by atoms with E-state index >= 15 is 0 Å². The van der Waals surface area contributed by atoms with E-state index in [4.69, 9.17) is 4.74 Å². The Morgan fingerprint density at radius 3 is 2.38 bits per heavy atom. The maximum atomic E-state index is 13.4. The van der Waals surface area contributed by atoms with Crippen LogP contribution in [-0.4, -0.2) is 70.3 Å². The fourth-order valence-electron chi connectivity index (χ4n) is 9.42. The number of nitrogens with one attached hydrogen (secondary N) is 2. The molecule has 0 radical (unpaired) electrons. The van der Waals surface area contributed by atoms with Crippen LogP contribution in [0.1, 0.15) is 124 Å². The van der Waals surface area contributed by atoms with Crippen LogP contribution in [0.4, 0.5) is 0 Å². The van der Waals surface area contributed by atoms with E-state index in [9.17, 15) is 39.0 Å². The minimum absolute atomic E-state index is 0.00454. The van der Waals surface area contributed by atoms with E-state index in [0.29, 0.717) is 63.3 Å². The van der Waals surface area contributed by atoms with Crippen molar-refractivity contribution in [2.24, 2.45) is 34.5 Å². The van der Waals surface area contributed by atoms with Crippen LogP contribution < -0.4 is 10.6 Å². The van der Waals surface area contributed by atoms with Gasteiger partial charge in [0.1, 0.15) is 11.6 Å². The van der Waals surface area contributed by atoms with Gasteiger partial charge in [-0.3, -0.25) is 24.0 Å². The summed E-state index contributed by atoms with van der Waals surface area (Å²) in [5, 5.41) is 26.5. The lowest BCUT2D eigenvalue weighted by atomic mass is 9.46. The highest BCUT2D eigenvalue weighted by molar-refractivity contribution is 5.92. The van der Waals surface area contributed by atoms with Gasteiger partial charge >= 0.3 is 11.9 Å². The zero-order valence-corrected chi connectivity index (χ0v) is 29.2. The lowest BCUT2D eigenvalue weighted by Gasteiger charge is -2.58. The van der Waals surface area contributed by atoms with Gasteiger partial charge in [-0.1, -0.05) is 46.1 Å². The third kappa shape index (κ3) is 7.87. The summed E-state index contributed by atoms with van der Waals surface area (Å²) in [5.74, 6) is -1.75. The predicted molar refractivity (Wildman–Crippen MR) is 177 cm³/mol. The number of ketones is 2. The summed E-state index contributed by atoms with van der Waals surface area (Å²) in [6.45, 7) is 7.85. The zero-order valence-electron chi connectivity index (χ0n) is 29.2. The van der Waals surface area contributed by atoms with Crippen LogP contribution in [0.25, 0.3) is 0 Å². The van der Waals surface area contributed by atoms with Crippen molar-refractivity contribution in [3.63, 3.8) is 0 Å². The molecule has 0 saturated heterocycles. The molecule has 4 N–H and O–H groups in total. The second-order valence-corrected chi connectivity index (χ2v) is 15.3. The Bertz CT molecular complexity index is 1300. The number of unbranched alkanes of at least 4 members (excludes halogenated alkanes) is 2. The summed E-state index contributed by atoms with van der Waals surface area (Å²) in [7, 11) is 0. The zero-order chi connectivity index (χ0) is 35.3. The molecule has 4 aliphatic carbocycles. The number of hydrogen-bond donors (Lipinski definition) is 4. The maximum Gasteiger partial charge on any atom is 0.326 e. The molecule has 0 aromatic heterocycles. The Morgan fingerprint density at radius 1 is 0.938 bits per heavy atom. The molecule has 8 atom stereocenters. The number of aliphatic carboxylic acids is 1. The number of rotatable bonds is 16. The molecule has 0 bridgehead atoms. The fraction of sp³-hybridized carbons (Fsp3) is 0.784. The molecule has 2 amide bonds. The SMILES string of the molecule is CC[C@H](C)[C@H](NC(=O)CCCCCNC(=O)CCC(=O)OCC(=O)[C@@]1(O)CC[C@H]2[C@@H]3CCC4=CC(=O)CC[C@]4(C)[C@@H]3CC[C@@]21C)C(=O)O. The number of ether oxygens (including phenoxy) is 1. The first-order valence-corrected chi connectivity index (χ1v) is 18.1. The Balaban J connectivity index is 1.14. The van der Waals surface area contributed by atoms with E-state index in [1.807, 2.05) is 19.9 Å². The molecule has 11 nitrogen and oxygen atoms in total. The second-order valence-electron chi connectivity index (χ2n) is 15.3. The smallest absolute Gasteiger partial charge is 0.326 e. The van der Waals surface area contributed by atoms with Gasteiger partial charge in [-0.05, 0) is 93.0 Å². The molecular formula is C37H56N2O9. The van der Waals surface area contributed by atoms with Gasteiger partial charge in [-0.25, -0.2) is 4.79 Å². The highest BCUT2D eigenvalue weighted by atomic mass is 16.5. The number of amides is 2. The topological polar surface area (TPSA) is 176 Å². The minimum Gasteiger partial charge on any atom is -0.480 e. The number of hydrogen-bond acceptors (Lipinski definition) is 8. The summed E-state index contributed by atoms with van der Waals surface area (Å²) in [6, 6.07) is -0.904. The molecule has 0 aromatic carbocycles. The van der Waals surface area contributed by atoms with Gasteiger partial charge in [-0.15, -0.1) is 0 Å². The number of esters is 1. The maximum absolute atomic E-state index is 13.4. The van der Waals surface area contributed by atoms with Crippen LogP contribution in [0.15, 0.2) is 11.6 Å². The van der Waals surface area contributed by atoms with Gasteiger partial charge in [0.15, 0.2) is 12.4 Å². The van der Waals surface area contributed by atoms with Crippen LogP contribution in [-0.2, 0) is 33.5 Å². The second kappa shape index (κ2) is 15.6. The van der Waals surface area contributed by atoms with Crippen molar-refractivity contribution in [3.05, 3.63) is 11.6 Å². The molecule has 0 spiro atoms. The molecule has 4 aliphatic rings. The quantitative estimate of drug-likeness (QED) is 0.136. The lowest BCUT2D eigenvalue weighted by molar-refractivity contribution is -0.170. The Hall–Kier alpha value is -3.08. The number of carboxylic acids is 1. The Morgan fingerprint density at radius 2 is 1.67 bits per heavy atom. The number of fused-ring (bicyclic) bond motifs is 5. The average Bonchev–Trinajstić information content (AvgIpc) is 3.33. The van der Waals surface area contributed by atoms with E-state index in [-0.39, 0.29) is 54.1 Å². The summed E-state index contributed by atoms with van der Waals surface area (Å²) >= 11 is 0. The van der Waals surface area contributed by atoms with Gasteiger partial charge in [-0.2, -0.15) is 0 Å². The highest BCUT2D eigenvalue weighted by Gasteiger charge is 2.66. The van der Waals surface area contributed by atoms with Crippen molar-refractivity contribution in [2.75, 3.05) is 13.2 Å². The molecule has 268 valence electrons. The van der Waals surface area contributed by atoms with Crippen molar-refractivity contribution in [1.82, 2.24) is 10.6 Å². The molecule has 3 fully saturated rings. The number of carbonyl (C=O) groups is 6. The van der Waals surface area contributed by atoms with Gasteiger partial charge in [0.25, 0.3) is 0 Å². The molecule has 11 heteroatoms. The number of Topliss-reactive ketones (excluding diaryl/α,β-unsaturated/α-hetero) is 1. The first-order valence-electron chi connectivity index (χ1n) is 18.1. The fourth-order valence-corrected chi connectivity index (χ4v) is 9.42. The normalized spacial score (nSPS) is 32.1. The van der Waals surface area contributed by atoms with E-state index < -0.39 is 41.4 Å². The molecule has 3 saturated carbocycles. The molecule has 0 unspecified atom stereocenters. The Labute approximate surface area is 284 Å². The van der Waals surface area contributed by atoms with Crippen molar-refractivity contribution >= 4 is 35.3 Å². The minimum atomic E-state index is -1.56. The van der Waals surface area contributed by atoms with Crippen LogP contribution in [0.2, 0.25) is 0 Å². The first-order chi connectivity index (χ1) is 22.7. The molecule has 4 rings (SSSR count). The number of allylic oxidation sites excluding steroid dienone is 1. The van der Waals surface area contributed by atoms with Crippen molar-refractivity contribution in [1.29, 1.82) is 0 Å². The van der Waals surface area contributed by atoms with Crippen molar-refractivity contribution in [3.8, 4) is 0 Å². The molecule has 48 heavy (non-hydrogen) atoms. The average molecular weight is 673 g/mol. The summed E-state index contributed by atoms with van der Waals surface area (Å²) in [6.07, 6.45) is 10.3. The number of carboxylic acid groups (broad SMARTS) is 1. The third-order valence-electron chi connectivity index (χ3n) is 12.7. The van der Waals surface area contributed by atoms with E-state index in [0.717, 1.165) is 32.1 Å². The molecule has 0 aliphatic heterocycles. The summed E-state index contributed by atoms with van der Waals surface area (Å²) in [4.78, 5) is 73.7. The monoisotopic (exact) mass is 672 g/mol. The third-order valence-corrected chi connectivity index (χ3v) is 12.7. The number of aliphatic hydroxyl groups is 1. The molecule has 0 aromatic rings. The van der Waals surface area contributed by atoms with Gasteiger partial charge in [0.05, 0.1) is 6.42 Å². The van der Waals surface area contributed by atoms with Crippen LogP contribution >= 0.6 is 0 Å². The van der Waals surface area contributed by atoms with E-state index in [2.05, 4.69) is 17.6 Å². The van der Waals surface area contributed by atoms with Crippen LogP contribution in [0, 0.1) is 34.5 Å². The predicted octanol–water partition coefficient (Wildman–Crippen LogP) is 4.43. The molecule has 0 heterocycles. The summed E-state index contributed by atoms with van der Waals surface area (Å²) < 4.78 is 5.26. The lowest BCUT2D eigenvalue weighted by Crippen LogP contribution is -2.58. The van der Waals surface area contributed by atoms with Crippen LogP contribution in [0.3, 0.4) is 0 Å². The van der Waals surface area contributed by atoms with Crippen molar-refractivity contribution in [2.45, 2.75) is 136 Å². The van der Waals surface area contributed by atoms with Crippen LogP contribution in [0.5, 0.6) is 0 Å². The van der Waals surface area contributed by atoms with E-state index in [1.54, 1.807) is 6.92 Å². The van der Waals surface area contributed by atoms with Gasteiger partial charge in [0, 0.05) is 31.2 Å². The number of carbonyl (C=O) groups excluding carboxylic acids is 5. The first kappa shape index (κ1) is 37.7. The van der Waals surface area contributed by atoms with Crippen molar-refractivity contribution < 1.29 is 43.7 Å². The van der Waals surface area contributed by atoms with Gasteiger partial charge in [0.2, 0.25) is 17.6 Å². The van der Waals surface area contributed by atoms with Gasteiger partial charge < -0.3 is 25.6 Å². The standard InChI is InChI=1S/C37H56N2O9/c1-5-23(2)33(34(45)46)39-31(43)9-7-6-8-20-38-30(42)12-13-32(44)48-22-29(41)37(47)19-16-28-26-11-10-24-21-25(40)14-17-35(24,3)27(26)15-18-36(28,37)4/h21,23,26-28,33,47H,5-20,22H2,1-4H3,(H,38,42)(H,39,43)(H,45,46)/t23-,26+,27+,28-,33-,35-,36-,37-/m0/s1. The molecular weight excluding hydrogens is 616 g/mol. The van der Waals surface area contributed by atoms with E-state index in [1.165, 1.54) is 5.57 Å². The highest BCUT2D eigenvalue weighted by Crippen LogP contribution is 2.67.